The van der Waals surface area contributed by atoms with Gasteiger partial charge in [0, 0.05) is 37.5 Å². The van der Waals surface area contributed by atoms with Crippen molar-refractivity contribution in [2.24, 2.45) is 0 Å². The fourth-order valence-corrected chi connectivity index (χ4v) is 3.47. The summed E-state index contributed by atoms with van der Waals surface area (Å²) >= 11 is 0. The zero-order chi connectivity index (χ0) is 17.6. The molecule has 1 N–H and O–H groups in total. The Balaban J connectivity index is 3.09. The maximum absolute atomic E-state index is 12.6. The Kier molecular flexibility index (Phi) is 7.00. The van der Waals surface area contributed by atoms with Crippen molar-refractivity contribution in [1.82, 2.24) is 14.5 Å². The first kappa shape index (κ1) is 19.4. The van der Waals surface area contributed by atoms with E-state index in [9.17, 15) is 8.42 Å². The van der Waals surface area contributed by atoms with E-state index in [1.54, 1.807) is 18.2 Å². The molecular formula is C17H27N3O2S. The van der Waals surface area contributed by atoms with Gasteiger partial charge in [0.25, 0.3) is 0 Å². The fourth-order valence-electron chi connectivity index (χ4n) is 2.16. The summed E-state index contributed by atoms with van der Waals surface area (Å²) in [6.07, 6.45) is 2.32. The van der Waals surface area contributed by atoms with E-state index >= 15 is 0 Å². The molecule has 0 aliphatic rings. The first-order valence-electron chi connectivity index (χ1n) is 7.47. The molecule has 1 rings (SSSR count). The van der Waals surface area contributed by atoms with Crippen molar-refractivity contribution in [2.45, 2.75) is 11.3 Å². The monoisotopic (exact) mass is 337 g/mol. The summed E-state index contributed by atoms with van der Waals surface area (Å²) in [5, 5.41) is 0. The van der Waals surface area contributed by atoms with Gasteiger partial charge in [0.1, 0.15) is 0 Å². The maximum Gasteiger partial charge on any atom is 0.241 e. The highest BCUT2D eigenvalue weighted by Crippen LogP contribution is 2.26. The third-order valence-electron chi connectivity index (χ3n) is 3.48. The van der Waals surface area contributed by atoms with Gasteiger partial charge in [0.05, 0.1) is 4.90 Å². The molecule has 23 heavy (non-hydrogen) atoms. The van der Waals surface area contributed by atoms with Crippen molar-refractivity contribution in [3.63, 3.8) is 0 Å². The van der Waals surface area contributed by atoms with E-state index in [1.807, 2.05) is 44.1 Å². The molecule has 0 saturated heterocycles. The molecule has 0 fully saturated rings. The molecule has 0 spiro atoms. The molecule has 0 saturated carbocycles. The minimum Gasteiger partial charge on any atom is -0.378 e. The molecule has 1 aromatic rings. The van der Waals surface area contributed by atoms with Crippen LogP contribution in [-0.2, 0) is 10.0 Å². The number of sulfonamides is 1. The second-order valence-corrected chi connectivity index (χ2v) is 7.55. The number of hydrogen-bond acceptors (Lipinski definition) is 4. The molecule has 0 aromatic heterocycles. The van der Waals surface area contributed by atoms with Crippen LogP contribution < -0.4 is 4.72 Å². The van der Waals surface area contributed by atoms with E-state index in [0.717, 1.165) is 24.2 Å². The minimum absolute atomic E-state index is 0.234. The lowest BCUT2D eigenvalue weighted by Crippen LogP contribution is -2.28. The van der Waals surface area contributed by atoms with Gasteiger partial charge >= 0.3 is 0 Å². The molecule has 1 aromatic carbocycles. The Bertz CT molecular complexity index is 664. The second-order valence-electron chi connectivity index (χ2n) is 5.82. The zero-order valence-electron chi connectivity index (χ0n) is 14.5. The third kappa shape index (κ3) is 5.20. The van der Waals surface area contributed by atoms with Crippen LogP contribution in [0.15, 0.2) is 36.3 Å². The highest BCUT2D eigenvalue weighted by atomic mass is 32.2. The van der Waals surface area contributed by atoms with Crippen LogP contribution in [0.2, 0.25) is 0 Å². The number of nitrogens with zero attached hydrogens (tertiary/aromatic N) is 2. The molecule has 5 nitrogen and oxygen atoms in total. The number of benzene rings is 1. The van der Waals surface area contributed by atoms with Gasteiger partial charge in [-0.2, -0.15) is 0 Å². The van der Waals surface area contributed by atoms with Crippen molar-refractivity contribution in [2.75, 3.05) is 41.3 Å². The van der Waals surface area contributed by atoms with Crippen molar-refractivity contribution in [1.29, 1.82) is 0 Å². The molecule has 0 bridgehead atoms. The quantitative estimate of drug-likeness (QED) is 0.701. The van der Waals surface area contributed by atoms with Crippen molar-refractivity contribution < 1.29 is 8.42 Å². The number of nitrogens with one attached hydrogen (secondary N) is 1. The molecule has 128 valence electrons. The molecule has 0 unspecified atom stereocenters. The van der Waals surface area contributed by atoms with E-state index in [-0.39, 0.29) is 4.90 Å². The highest BCUT2D eigenvalue weighted by Gasteiger charge is 2.20. The molecule has 0 amide bonds. The Hall–Kier alpha value is -1.63. The van der Waals surface area contributed by atoms with Crippen LogP contribution in [0.3, 0.4) is 0 Å². The van der Waals surface area contributed by atoms with Gasteiger partial charge in [-0.15, -0.1) is 0 Å². The van der Waals surface area contributed by atoms with Crippen LogP contribution in [0.4, 0.5) is 0 Å². The average molecular weight is 337 g/mol. The Labute approximate surface area is 140 Å². The molecule has 0 aliphatic heterocycles. The molecule has 6 heteroatoms. The molecule has 0 heterocycles. The summed E-state index contributed by atoms with van der Waals surface area (Å²) in [4.78, 5) is 4.10. The summed E-state index contributed by atoms with van der Waals surface area (Å²) in [6.45, 7) is 9.00. The lowest BCUT2D eigenvalue weighted by molar-refractivity contribution is 0.400. The van der Waals surface area contributed by atoms with Crippen molar-refractivity contribution >= 4 is 21.8 Å². The van der Waals surface area contributed by atoms with E-state index in [1.165, 1.54) is 0 Å². The fraction of sp³-hybridized carbons (Fsp3) is 0.412. The van der Waals surface area contributed by atoms with E-state index in [2.05, 4.69) is 17.9 Å². The van der Waals surface area contributed by atoms with Crippen molar-refractivity contribution in [3.8, 4) is 0 Å². The molecule has 0 aliphatic carbocycles. The van der Waals surface area contributed by atoms with E-state index < -0.39 is 10.0 Å². The topological polar surface area (TPSA) is 52.7 Å². The maximum atomic E-state index is 12.6. The van der Waals surface area contributed by atoms with E-state index in [4.69, 9.17) is 0 Å². The highest BCUT2D eigenvalue weighted by molar-refractivity contribution is 7.89. The lowest BCUT2D eigenvalue weighted by Gasteiger charge is -2.20. The minimum atomic E-state index is -3.58. The summed E-state index contributed by atoms with van der Waals surface area (Å²) in [6, 6.07) is 5.17. The van der Waals surface area contributed by atoms with Gasteiger partial charge in [0.15, 0.2) is 0 Å². The van der Waals surface area contributed by atoms with Gasteiger partial charge in [-0.05, 0) is 33.1 Å². The molecular weight excluding hydrogens is 310 g/mol. The Morgan fingerprint density at radius 3 is 2.43 bits per heavy atom. The average Bonchev–Trinajstić information content (AvgIpc) is 2.49. The van der Waals surface area contributed by atoms with Crippen LogP contribution >= 0.6 is 0 Å². The first-order valence-corrected chi connectivity index (χ1v) is 8.95. The molecule has 0 radical (unpaired) electrons. The van der Waals surface area contributed by atoms with Gasteiger partial charge < -0.3 is 9.80 Å². The van der Waals surface area contributed by atoms with Gasteiger partial charge in [-0.3, -0.25) is 0 Å². The summed E-state index contributed by atoms with van der Waals surface area (Å²) in [5.74, 6) is 0. The number of rotatable bonds is 9. The largest absolute Gasteiger partial charge is 0.378 e. The predicted molar refractivity (Wildman–Crippen MR) is 97.6 cm³/mol. The molecule has 0 atom stereocenters. The normalized spacial score (nSPS) is 11.5. The van der Waals surface area contributed by atoms with Crippen LogP contribution in [0.1, 0.15) is 17.5 Å². The standard InChI is InChI=1S/C17H27N3O2S/c1-7-15-16(14(2)20(5)6)10-8-11-17(15)23(21,22)18-12-9-13-19(3)4/h7-8,10-11,18H,1-2,9,12-13H2,3-6H3. The zero-order valence-corrected chi connectivity index (χ0v) is 15.3. The van der Waals surface area contributed by atoms with Gasteiger partial charge in [0.2, 0.25) is 10.0 Å². The smallest absolute Gasteiger partial charge is 0.241 e. The van der Waals surface area contributed by atoms with Gasteiger partial charge in [-0.1, -0.05) is 31.4 Å². The van der Waals surface area contributed by atoms with Crippen LogP contribution in [-0.4, -0.2) is 59.5 Å². The number of hydrogen-bond donors (Lipinski definition) is 1. The second kappa shape index (κ2) is 8.29. The van der Waals surface area contributed by atoms with Crippen LogP contribution in [0.25, 0.3) is 11.8 Å². The summed E-state index contributed by atoms with van der Waals surface area (Å²) in [5.41, 5.74) is 2.08. The summed E-state index contributed by atoms with van der Waals surface area (Å²) < 4.78 is 27.8. The third-order valence-corrected chi connectivity index (χ3v) is 5.00. The van der Waals surface area contributed by atoms with Crippen LogP contribution in [0.5, 0.6) is 0 Å². The van der Waals surface area contributed by atoms with Crippen molar-refractivity contribution in [3.05, 3.63) is 42.5 Å². The lowest BCUT2D eigenvalue weighted by atomic mass is 10.0. The SMILES string of the molecule is C=Cc1c(C(=C)N(C)C)cccc1S(=O)(=O)NCCCN(C)C. The van der Waals surface area contributed by atoms with Crippen LogP contribution in [0, 0.1) is 0 Å². The predicted octanol–water partition coefficient (Wildman–Crippen LogP) is 2.09. The first-order chi connectivity index (χ1) is 10.7. The summed E-state index contributed by atoms with van der Waals surface area (Å²) in [7, 11) is 4.08. The Morgan fingerprint density at radius 2 is 1.91 bits per heavy atom. The van der Waals surface area contributed by atoms with Gasteiger partial charge in [-0.25, -0.2) is 13.1 Å². The Morgan fingerprint density at radius 1 is 1.26 bits per heavy atom. The van der Waals surface area contributed by atoms with E-state index in [0.29, 0.717) is 12.1 Å².